The third-order valence-corrected chi connectivity index (χ3v) is 5.51. The minimum absolute atomic E-state index is 0. The number of piperidine rings is 1. The number of hydrogen-bond acceptors (Lipinski definition) is 2. The molecule has 3 nitrogen and oxygen atoms in total. The number of carbonyl (C=O) groups is 1. The largest absolute Gasteiger partial charge is 1.00 e. The first-order chi connectivity index (χ1) is 12.6. The second kappa shape index (κ2) is 10.5. The number of hydrogen-bond donors (Lipinski definition) is 1. The van der Waals surface area contributed by atoms with E-state index in [0.717, 1.165) is 17.5 Å². The molecule has 4 heteroatoms. The lowest BCUT2D eigenvalue weighted by molar-refractivity contribution is -0.912. The normalized spacial score (nSPS) is 20.6. The Morgan fingerprint density at radius 2 is 1.59 bits per heavy atom. The molecule has 0 aliphatic carbocycles. The lowest BCUT2D eigenvalue weighted by atomic mass is 9.91. The Kier molecular flexibility index (Phi) is 8.33. The summed E-state index contributed by atoms with van der Waals surface area (Å²) in [6.45, 7) is 3.26. The first kappa shape index (κ1) is 21.5. The second-order valence-electron chi connectivity index (χ2n) is 7.53. The number of benzene rings is 2. The van der Waals surface area contributed by atoms with E-state index in [1.807, 2.05) is 67.6 Å². The highest BCUT2D eigenvalue weighted by Gasteiger charge is 2.29. The minimum atomic E-state index is -0.365. The fourth-order valence-electron chi connectivity index (χ4n) is 4.03. The fourth-order valence-corrected chi connectivity index (χ4v) is 4.03. The zero-order valence-electron chi connectivity index (χ0n) is 16.2. The molecule has 0 bridgehead atoms. The molecule has 0 radical (unpaired) electrons. The van der Waals surface area contributed by atoms with Crippen LogP contribution in [-0.4, -0.2) is 31.7 Å². The SMILES string of the molecule is CC(CC1CCCC[NH+]1C)OC(=O)C(c1ccccc1)c1ccccc1.[Cl-]. The van der Waals surface area contributed by atoms with Crippen molar-refractivity contribution in [1.82, 2.24) is 0 Å². The summed E-state index contributed by atoms with van der Waals surface area (Å²) in [5.74, 6) is -0.514. The van der Waals surface area contributed by atoms with Gasteiger partial charge >= 0.3 is 5.97 Å². The molecule has 2 aromatic rings. The average Bonchev–Trinajstić information content (AvgIpc) is 2.65. The van der Waals surface area contributed by atoms with Gasteiger partial charge in [0.25, 0.3) is 0 Å². The zero-order chi connectivity index (χ0) is 18.4. The van der Waals surface area contributed by atoms with Crippen molar-refractivity contribution in [3.8, 4) is 0 Å². The van der Waals surface area contributed by atoms with Gasteiger partial charge in [-0.1, -0.05) is 60.7 Å². The Morgan fingerprint density at radius 3 is 2.11 bits per heavy atom. The van der Waals surface area contributed by atoms with Crippen molar-refractivity contribution in [1.29, 1.82) is 0 Å². The number of esters is 1. The van der Waals surface area contributed by atoms with Gasteiger partial charge < -0.3 is 22.0 Å². The van der Waals surface area contributed by atoms with E-state index >= 15 is 0 Å². The predicted molar refractivity (Wildman–Crippen MR) is 104 cm³/mol. The molecule has 3 rings (SSSR count). The number of nitrogens with one attached hydrogen (secondary N) is 1. The van der Waals surface area contributed by atoms with Gasteiger partial charge in [-0.15, -0.1) is 0 Å². The van der Waals surface area contributed by atoms with Crippen LogP contribution >= 0.6 is 0 Å². The molecule has 1 fully saturated rings. The number of quaternary nitrogens is 1. The summed E-state index contributed by atoms with van der Waals surface area (Å²) >= 11 is 0. The third-order valence-electron chi connectivity index (χ3n) is 5.51. The lowest BCUT2D eigenvalue weighted by Crippen LogP contribution is -3.13. The fraction of sp³-hybridized carbons (Fsp3) is 0.435. The molecular weight excluding hydrogens is 358 g/mol. The maximum Gasteiger partial charge on any atom is 0.318 e. The molecule has 1 aliphatic rings. The Hall–Kier alpha value is -1.84. The smallest absolute Gasteiger partial charge is 0.318 e. The van der Waals surface area contributed by atoms with Crippen LogP contribution in [0.3, 0.4) is 0 Å². The van der Waals surface area contributed by atoms with E-state index in [-0.39, 0.29) is 30.4 Å². The highest BCUT2D eigenvalue weighted by molar-refractivity contribution is 5.82. The molecule has 0 aromatic heterocycles. The summed E-state index contributed by atoms with van der Waals surface area (Å²) in [4.78, 5) is 14.6. The summed E-state index contributed by atoms with van der Waals surface area (Å²) in [5, 5.41) is 0. The quantitative estimate of drug-likeness (QED) is 0.718. The molecule has 3 atom stereocenters. The van der Waals surface area contributed by atoms with Crippen LogP contribution in [0.1, 0.15) is 49.7 Å². The molecule has 1 N–H and O–H groups in total. The molecule has 27 heavy (non-hydrogen) atoms. The Morgan fingerprint density at radius 1 is 1.04 bits per heavy atom. The van der Waals surface area contributed by atoms with Crippen molar-refractivity contribution in [3.05, 3.63) is 71.8 Å². The molecule has 0 saturated carbocycles. The number of ether oxygens (including phenoxy) is 1. The van der Waals surface area contributed by atoms with Gasteiger partial charge in [0.05, 0.1) is 19.6 Å². The number of halogens is 1. The van der Waals surface area contributed by atoms with Gasteiger partial charge in [0.15, 0.2) is 0 Å². The summed E-state index contributed by atoms with van der Waals surface area (Å²) in [6.07, 6.45) is 4.71. The maximum atomic E-state index is 13.0. The minimum Gasteiger partial charge on any atom is -1.00 e. The van der Waals surface area contributed by atoms with Crippen LogP contribution in [0.5, 0.6) is 0 Å². The molecular formula is C23H30ClNO2. The Bertz CT molecular complexity index is 653. The topological polar surface area (TPSA) is 30.7 Å². The van der Waals surface area contributed by atoms with Crippen molar-refractivity contribution < 1.29 is 26.8 Å². The van der Waals surface area contributed by atoms with E-state index in [4.69, 9.17) is 4.74 Å². The molecule has 146 valence electrons. The lowest BCUT2D eigenvalue weighted by Gasteiger charge is -2.31. The van der Waals surface area contributed by atoms with E-state index in [0.29, 0.717) is 6.04 Å². The Balaban J connectivity index is 0.00000261. The summed E-state index contributed by atoms with van der Waals surface area (Å²) in [5.41, 5.74) is 1.97. The van der Waals surface area contributed by atoms with Crippen LogP contribution in [0.2, 0.25) is 0 Å². The average molecular weight is 388 g/mol. The molecule has 0 spiro atoms. The molecule has 2 aromatic carbocycles. The first-order valence-corrected chi connectivity index (χ1v) is 9.78. The number of likely N-dealkylation sites (tertiary alicyclic amines) is 1. The van der Waals surface area contributed by atoms with Gasteiger partial charge in [0, 0.05) is 6.42 Å². The van der Waals surface area contributed by atoms with Gasteiger partial charge in [0.1, 0.15) is 12.0 Å². The second-order valence-corrected chi connectivity index (χ2v) is 7.53. The van der Waals surface area contributed by atoms with Crippen LogP contribution < -0.4 is 17.3 Å². The van der Waals surface area contributed by atoms with Crippen LogP contribution in [0.25, 0.3) is 0 Å². The van der Waals surface area contributed by atoms with Crippen molar-refractivity contribution in [2.45, 2.75) is 50.7 Å². The van der Waals surface area contributed by atoms with Crippen LogP contribution in [0, 0.1) is 0 Å². The molecule has 3 unspecified atom stereocenters. The van der Waals surface area contributed by atoms with Gasteiger partial charge in [-0.25, -0.2) is 0 Å². The number of rotatable bonds is 6. The van der Waals surface area contributed by atoms with Crippen molar-refractivity contribution in [3.63, 3.8) is 0 Å². The van der Waals surface area contributed by atoms with Gasteiger partial charge in [-0.05, 0) is 37.3 Å². The van der Waals surface area contributed by atoms with Crippen molar-refractivity contribution in [2.24, 2.45) is 0 Å². The van der Waals surface area contributed by atoms with Crippen LogP contribution in [-0.2, 0) is 9.53 Å². The summed E-state index contributed by atoms with van der Waals surface area (Å²) in [7, 11) is 2.26. The van der Waals surface area contributed by atoms with Crippen LogP contribution in [0.4, 0.5) is 0 Å². The molecule has 1 saturated heterocycles. The Labute approximate surface area is 169 Å². The van der Waals surface area contributed by atoms with E-state index < -0.39 is 0 Å². The van der Waals surface area contributed by atoms with Crippen LogP contribution in [0.15, 0.2) is 60.7 Å². The number of carbonyl (C=O) groups excluding carboxylic acids is 1. The highest BCUT2D eigenvalue weighted by atomic mass is 35.5. The monoisotopic (exact) mass is 387 g/mol. The predicted octanol–water partition coefficient (Wildman–Crippen LogP) is 0.212. The van der Waals surface area contributed by atoms with E-state index in [1.54, 1.807) is 4.90 Å². The van der Waals surface area contributed by atoms with E-state index in [2.05, 4.69) is 7.05 Å². The summed E-state index contributed by atoms with van der Waals surface area (Å²) in [6, 6.07) is 20.5. The summed E-state index contributed by atoms with van der Waals surface area (Å²) < 4.78 is 5.92. The molecule has 1 heterocycles. The third kappa shape index (κ3) is 5.82. The van der Waals surface area contributed by atoms with Gasteiger partial charge in [-0.3, -0.25) is 4.79 Å². The zero-order valence-corrected chi connectivity index (χ0v) is 17.0. The van der Waals surface area contributed by atoms with E-state index in [9.17, 15) is 4.79 Å². The standard InChI is InChI=1S/C23H29NO2.ClH/c1-18(17-21-15-9-10-16-24(21)2)26-23(25)22(19-11-5-3-6-12-19)20-13-7-4-8-14-20;/h3-8,11-14,18,21-22H,9-10,15-17H2,1-2H3;1H. The van der Waals surface area contributed by atoms with Gasteiger partial charge in [-0.2, -0.15) is 0 Å². The van der Waals surface area contributed by atoms with Crippen molar-refractivity contribution >= 4 is 5.97 Å². The molecule has 1 aliphatic heterocycles. The first-order valence-electron chi connectivity index (χ1n) is 9.78. The maximum absolute atomic E-state index is 13.0. The van der Waals surface area contributed by atoms with Gasteiger partial charge in [0.2, 0.25) is 0 Å². The van der Waals surface area contributed by atoms with E-state index in [1.165, 1.54) is 25.8 Å². The van der Waals surface area contributed by atoms with Crippen molar-refractivity contribution in [2.75, 3.05) is 13.6 Å². The highest BCUT2D eigenvalue weighted by Crippen LogP contribution is 2.27. The molecule has 0 amide bonds.